The van der Waals surface area contributed by atoms with Gasteiger partial charge in [0, 0.05) is 31.5 Å². The van der Waals surface area contributed by atoms with Gasteiger partial charge in [0.05, 0.1) is 6.04 Å². The van der Waals surface area contributed by atoms with Crippen LogP contribution in [0.4, 0.5) is 0 Å². The second kappa shape index (κ2) is 9.16. The number of hydrogen-bond donors (Lipinski definition) is 2. The van der Waals surface area contributed by atoms with Gasteiger partial charge in [0.15, 0.2) is 0 Å². The molecule has 1 aliphatic carbocycles. The van der Waals surface area contributed by atoms with Crippen molar-refractivity contribution in [3.63, 3.8) is 0 Å². The highest BCUT2D eigenvalue weighted by molar-refractivity contribution is 7.09. The summed E-state index contributed by atoms with van der Waals surface area (Å²) in [5, 5.41) is 9.13. The summed E-state index contributed by atoms with van der Waals surface area (Å²) in [6, 6.07) is 0.0259. The predicted octanol–water partition coefficient (Wildman–Crippen LogP) is 3.29. The topological polar surface area (TPSA) is 71.1 Å². The summed E-state index contributed by atoms with van der Waals surface area (Å²) in [5.74, 6) is 1.49. The summed E-state index contributed by atoms with van der Waals surface area (Å²) >= 11 is 1.62. The molecule has 134 valence electrons. The number of hydrogen-bond acceptors (Lipinski definition) is 4. The van der Waals surface area contributed by atoms with Gasteiger partial charge >= 0.3 is 0 Å². The van der Waals surface area contributed by atoms with Crippen LogP contribution in [0.3, 0.4) is 0 Å². The van der Waals surface area contributed by atoms with Crippen LogP contribution in [0.1, 0.15) is 63.9 Å². The Morgan fingerprint density at radius 2 is 2.00 bits per heavy atom. The second-order valence-electron chi connectivity index (χ2n) is 7.23. The Kier molecular flexibility index (Phi) is 7.21. The van der Waals surface area contributed by atoms with Crippen molar-refractivity contribution in [2.75, 3.05) is 6.54 Å². The minimum absolute atomic E-state index is 0.0259. The van der Waals surface area contributed by atoms with E-state index in [1.54, 1.807) is 18.3 Å². The van der Waals surface area contributed by atoms with E-state index in [9.17, 15) is 9.59 Å². The summed E-state index contributed by atoms with van der Waals surface area (Å²) in [7, 11) is 0. The zero-order chi connectivity index (χ0) is 17.5. The van der Waals surface area contributed by atoms with E-state index >= 15 is 0 Å². The number of nitrogens with one attached hydrogen (secondary N) is 2. The molecule has 2 rings (SSSR count). The Morgan fingerprint density at radius 1 is 1.29 bits per heavy atom. The molecule has 0 bridgehead atoms. The molecule has 0 spiro atoms. The van der Waals surface area contributed by atoms with E-state index in [2.05, 4.69) is 29.5 Å². The maximum atomic E-state index is 12.3. The largest absolute Gasteiger partial charge is 0.356 e. The molecule has 0 unspecified atom stereocenters. The fraction of sp³-hybridized carbons (Fsp3) is 0.722. The molecule has 6 heteroatoms. The Morgan fingerprint density at radius 3 is 2.54 bits per heavy atom. The van der Waals surface area contributed by atoms with Gasteiger partial charge in [-0.05, 0) is 43.4 Å². The first-order valence-electron chi connectivity index (χ1n) is 8.89. The Hall–Kier alpha value is -1.43. The number of aromatic nitrogens is 1. The third kappa shape index (κ3) is 5.89. The highest BCUT2D eigenvalue weighted by Gasteiger charge is 2.31. The van der Waals surface area contributed by atoms with E-state index in [-0.39, 0.29) is 17.9 Å². The summed E-state index contributed by atoms with van der Waals surface area (Å²) in [4.78, 5) is 27.8. The Labute approximate surface area is 148 Å². The molecule has 1 aliphatic rings. The van der Waals surface area contributed by atoms with Crippen LogP contribution in [0.15, 0.2) is 11.6 Å². The minimum Gasteiger partial charge on any atom is -0.356 e. The summed E-state index contributed by atoms with van der Waals surface area (Å²) in [6.45, 7) is 6.45. The van der Waals surface area contributed by atoms with Crippen molar-refractivity contribution in [2.45, 2.75) is 58.9 Å². The smallest absolute Gasteiger partial charge is 0.220 e. The van der Waals surface area contributed by atoms with Crippen LogP contribution in [-0.4, -0.2) is 23.3 Å². The van der Waals surface area contributed by atoms with E-state index in [4.69, 9.17) is 0 Å². The average molecular weight is 352 g/mol. The van der Waals surface area contributed by atoms with Crippen LogP contribution in [0.5, 0.6) is 0 Å². The normalized spacial score (nSPS) is 22.2. The summed E-state index contributed by atoms with van der Waals surface area (Å²) in [5.41, 5.74) is 0. The first kappa shape index (κ1) is 18.9. The molecule has 1 aromatic rings. The molecule has 2 amide bonds. The number of thiazole rings is 1. The van der Waals surface area contributed by atoms with E-state index in [0.717, 1.165) is 37.2 Å². The van der Waals surface area contributed by atoms with Crippen LogP contribution in [0, 0.1) is 17.8 Å². The first-order valence-corrected chi connectivity index (χ1v) is 9.76. The van der Waals surface area contributed by atoms with Gasteiger partial charge in [-0.15, -0.1) is 11.3 Å². The first-order chi connectivity index (χ1) is 11.5. The predicted molar refractivity (Wildman–Crippen MR) is 96.6 cm³/mol. The summed E-state index contributed by atoms with van der Waals surface area (Å²) in [6.07, 6.45) is 6.68. The van der Waals surface area contributed by atoms with E-state index in [0.29, 0.717) is 24.2 Å². The molecule has 24 heavy (non-hydrogen) atoms. The van der Waals surface area contributed by atoms with Crippen molar-refractivity contribution in [3.05, 3.63) is 16.6 Å². The fourth-order valence-corrected chi connectivity index (χ4v) is 4.17. The van der Waals surface area contributed by atoms with Gasteiger partial charge in [-0.3, -0.25) is 9.59 Å². The number of rotatable bonds is 7. The van der Waals surface area contributed by atoms with Crippen molar-refractivity contribution in [3.8, 4) is 0 Å². The molecule has 1 heterocycles. The van der Waals surface area contributed by atoms with Gasteiger partial charge in [0.1, 0.15) is 5.01 Å². The van der Waals surface area contributed by atoms with Crippen LogP contribution in [0.25, 0.3) is 0 Å². The molecule has 1 saturated carbocycles. The lowest BCUT2D eigenvalue weighted by atomic mass is 9.78. The summed E-state index contributed by atoms with van der Waals surface area (Å²) < 4.78 is 0. The number of carbonyl (C=O) groups excluding carboxylic acids is 2. The Balaban J connectivity index is 1.94. The van der Waals surface area contributed by atoms with Crippen molar-refractivity contribution >= 4 is 23.2 Å². The monoisotopic (exact) mass is 351 g/mol. The maximum absolute atomic E-state index is 12.3. The fourth-order valence-electron chi connectivity index (χ4n) is 3.39. The third-order valence-corrected chi connectivity index (χ3v) is 5.49. The van der Waals surface area contributed by atoms with Crippen molar-refractivity contribution in [1.82, 2.24) is 15.6 Å². The van der Waals surface area contributed by atoms with Gasteiger partial charge in [-0.1, -0.05) is 13.8 Å². The van der Waals surface area contributed by atoms with Crippen LogP contribution in [0.2, 0.25) is 0 Å². The maximum Gasteiger partial charge on any atom is 0.220 e. The van der Waals surface area contributed by atoms with E-state index in [1.807, 2.05) is 11.6 Å². The molecular formula is C18H29N3O2S. The van der Waals surface area contributed by atoms with Crippen molar-refractivity contribution in [2.24, 2.45) is 17.8 Å². The molecule has 0 aromatic carbocycles. The molecular weight excluding hydrogens is 322 g/mol. The molecule has 2 N–H and O–H groups in total. The van der Waals surface area contributed by atoms with E-state index < -0.39 is 0 Å². The highest BCUT2D eigenvalue weighted by atomic mass is 32.1. The van der Waals surface area contributed by atoms with Crippen molar-refractivity contribution in [1.29, 1.82) is 0 Å². The lowest BCUT2D eigenvalue weighted by Crippen LogP contribution is -2.37. The minimum atomic E-state index is 0.0259. The lowest BCUT2D eigenvalue weighted by molar-refractivity contribution is -0.123. The molecule has 5 nitrogen and oxygen atoms in total. The lowest BCUT2D eigenvalue weighted by Gasteiger charge is -2.33. The van der Waals surface area contributed by atoms with E-state index in [1.165, 1.54) is 0 Å². The van der Waals surface area contributed by atoms with Gasteiger partial charge < -0.3 is 10.6 Å². The van der Waals surface area contributed by atoms with Crippen molar-refractivity contribution < 1.29 is 9.59 Å². The molecule has 1 aromatic heterocycles. The van der Waals surface area contributed by atoms with Gasteiger partial charge in [0.25, 0.3) is 0 Å². The SMILES string of the molecule is CC(=O)NCC1CCC([C@@H](NC(=O)CC(C)C)c2nccs2)CC1. The quantitative estimate of drug-likeness (QED) is 0.792. The number of amides is 2. The van der Waals surface area contributed by atoms with Crippen LogP contribution in [-0.2, 0) is 9.59 Å². The third-order valence-electron chi connectivity index (χ3n) is 4.63. The number of nitrogens with zero attached hydrogens (tertiary/aromatic N) is 1. The molecule has 1 atom stereocenters. The standard InChI is InChI=1S/C18H29N3O2S/c1-12(2)10-16(23)21-17(18-19-8-9-24-18)15-6-4-14(5-7-15)11-20-13(3)22/h8-9,12,14-15,17H,4-7,10-11H2,1-3H3,(H,20,22)(H,21,23)/t14?,15?,17-/m1/s1. The van der Waals surface area contributed by atoms with Crippen LogP contribution < -0.4 is 10.6 Å². The van der Waals surface area contributed by atoms with Crippen LogP contribution >= 0.6 is 11.3 Å². The number of carbonyl (C=O) groups is 2. The zero-order valence-corrected chi connectivity index (χ0v) is 15.7. The van der Waals surface area contributed by atoms with Gasteiger partial charge in [-0.2, -0.15) is 0 Å². The molecule has 1 fully saturated rings. The highest BCUT2D eigenvalue weighted by Crippen LogP contribution is 2.37. The van der Waals surface area contributed by atoms with Gasteiger partial charge in [-0.25, -0.2) is 4.98 Å². The second-order valence-corrected chi connectivity index (χ2v) is 8.16. The molecule has 0 saturated heterocycles. The molecule has 0 radical (unpaired) electrons. The average Bonchev–Trinajstić information content (AvgIpc) is 3.04. The Bertz CT molecular complexity index is 522. The van der Waals surface area contributed by atoms with Gasteiger partial charge in [0.2, 0.25) is 11.8 Å². The zero-order valence-electron chi connectivity index (χ0n) is 14.9. The molecule has 0 aliphatic heterocycles.